The van der Waals surface area contributed by atoms with E-state index in [4.69, 9.17) is 5.73 Å². The van der Waals surface area contributed by atoms with Crippen LogP contribution in [0, 0.1) is 23.3 Å². The number of phenols is 1. The topological polar surface area (TPSA) is 158 Å². The summed E-state index contributed by atoms with van der Waals surface area (Å²) < 4.78 is 0. The molecule has 6 N–H and O–H groups in total. The zero-order valence-corrected chi connectivity index (χ0v) is 19.5. The summed E-state index contributed by atoms with van der Waals surface area (Å²) in [4.78, 5) is 37.5. The van der Waals surface area contributed by atoms with Gasteiger partial charge in [-0.1, -0.05) is 25.6 Å². The predicted molar refractivity (Wildman–Crippen MR) is 122 cm³/mol. The number of rotatable bonds is 1. The van der Waals surface area contributed by atoms with Crippen molar-refractivity contribution < 1.29 is 34.8 Å². The quantitative estimate of drug-likeness (QED) is 0.239. The lowest BCUT2D eigenvalue weighted by atomic mass is 9.59. The standard InChI is InChI=1S/C24H25NO7Si/c1-33(2,3)7-6-11-4-5-15(26)18-14(11)9-12-8-13-10-16(27)19(23(25)31)22(30)24(13,32)21(29)17(12)20(18)28/h4-5,12-13,26,28,30,32H,8-10H2,1-3H3,(H2,25,31). The van der Waals surface area contributed by atoms with Gasteiger partial charge >= 0.3 is 0 Å². The van der Waals surface area contributed by atoms with Crippen molar-refractivity contribution in [3.05, 3.63) is 45.7 Å². The molecule has 1 aromatic rings. The molecule has 9 heteroatoms. The van der Waals surface area contributed by atoms with Crippen LogP contribution in [0.3, 0.4) is 0 Å². The first-order valence-electron chi connectivity index (χ1n) is 10.6. The van der Waals surface area contributed by atoms with Crippen LogP contribution in [-0.4, -0.2) is 51.6 Å². The SMILES string of the molecule is C[Si](C)(C)C#Cc1ccc(O)c2c1CC1CC3CC(=O)C(C(N)=O)=C(O)C3(O)C(=O)C1=C2O. The molecule has 3 aliphatic rings. The smallest absolute Gasteiger partial charge is 0.255 e. The molecule has 172 valence electrons. The second kappa shape index (κ2) is 7.33. The predicted octanol–water partition coefficient (Wildman–Crippen LogP) is 1.65. The Bertz CT molecular complexity index is 1260. The molecule has 1 aromatic carbocycles. The van der Waals surface area contributed by atoms with Gasteiger partial charge in [0.25, 0.3) is 5.91 Å². The summed E-state index contributed by atoms with van der Waals surface area (Å²) in [5, 5.41) is 43.3. The highest BCUT2D eigenvalue weighted by Gasteiger charge is 2.60. The Kier molecular flexibility index (Phi) is 5.07. The molecule has 0 saturated heterocycles. The number of carbonyl (C=O) groups excluding carboxylic acids is 3. The van der Waals surface area contributed by atoms with Crippen molar-refractivity contribution in [1.29, 1.82) is 0 Å². The molecule has 1 saturated carbocycles. The number of nitrogens with two attached hydrogens (primary N) is 1. The molecule has 4 rings (SSSR count). The van der Waals surface area contributed by atoms with E-state index in [2.05, 4.69) is 31.1 Å². The number of aliphatic hydroxyl groups is 3. The number of aliphatic hydroxyl groups excluding tert-OH is 2. The van der Waals surface area contributed by atoms with Crippen molar-refractivity contribution in [3.63, 3.8) is 0 Å². The Morgan fingerprint density at radius 1 is 1.15 bits per heavy atom. The highest BCUT2D eigenvalue weighted by Crippen LogP contribution is 2.52. The molecule has 0 aromatic heterocycles. The van der Waals surface area contributed by atoms with Crippen LogP contribution < -0.4 is 5.73 Å². The van der Waals surface area contributed by atoms with Crippen molar-refractivity contribution in [2.45, 2.75) is 44.5 Å². The Labute approximate surface area is 191 Å². The van der Waals surface area contributed by atoms with Crippen LogP contribution in [0.1, 0.15) is 29.5 Å². The lowest BCUT2D eigenvalue weighted by Crippen LogP contribution is -2.58. The summed E-state index contributed by atoms with van der Waals surface area (Å²) in [6, 6.07) is 3.05. The minimum atomic E-state index is -2.56. The molecule has 3 aliphatic carbocycles. The Morgan fingerprint density at radius 2 is 1.82 bits per heavy atom. The van der Waals surface area contributed by atoms with Crippen molar-refractivity contribution in [2.24, 2.45) is 17.6 Å². The maximum Gasteiger partial charge on any atom is 0.255 e. The molecular formula is C24H25NO7Si. The molecule has 0 aliphatic heterocycles. The Morgan fingerprint density at radius 3 is 2.42 bits per heavy atom. The van der Waals surface area contributed by atoms with Crippen LogP contribution in [0.2, 0.25) is 19.6 Å². The molecule has 1 fully saturated rings. The molecule has 8 nitrogen and oxygen atoms in total. The maximum absolute atomic E-state index is 13.4. The third-order valence-corrected chi connectivity index (χ3v) is 7.39. The van der Waals surface area contributed by atoms with Crippen molar-refractivity contribution in [1.82, 2.24) is 0 Å². The van der Waals surface area contributed by atoms with E-state index in [1.165, 1.54) is 6.07 Å². The number of hydrogen-bond donors (Lipinski definition) is 5. The Hall–Kier alpha value is -3.35. The summed E-state index contributed by atoms with van der Waals surface area (Å²) >= 11 is 0. The summed E-state index contributed by atoms with van der Waals surface area (Å²) in [6.45, 7) is 6.26. The normalized spacial score (nSPS) is 26.8. The lowest BCUT2D eigenvalue weighted by molar-refractivity contribution is -0.147. The molecule has 33 heavy (non-hydrogen) atoms. The highest BCUT2D eigenvalue weighted by molar-refractivity contribution is 6.83. The summed E-state index contributed by atoms with van der Waals surface area (Å²) in [5.41, 5.74) is 6.21. The van der Waals surface area contributed by atoms with E-state index in [0.29, 0.717) is 11.1 Å². The number of carbonyl (C=O) groups is 3. The Balaban J connectivity index is 1.91. The summed E-state index contributed by atoms with van der Waals surface area (Å²) in [5.74, 6) is -3.23. The van der Waals surface area contributed by atoms with Gasteiger partial charge in [0.05, 0.1) is 5.56 Å². The third-order valence-electron chi connectivity index (χ3n) is 6.52. The lowest BCUT2D eigenvalue weighted by Gasteiger charge is -2.46. The maximum atomic E-state index is 13.4. The van der Waals surface area contributed by atoms with Gasteiger partial charge in [-0.15, -0.1) is 5.54 Å². The molecule has 3 atom stereocenters. The van der Waals surface area contributed by atoms with Crippen LogP contribution in [0.15, 0.2) is 29.0 Å². The number of primary amides is 1. The fourth-order valence-electron chi connectivity index (χ4n) is 4.99. The largest absolute Gasteiger partial charge is 0.508 e. The van der Waals surface area contributed by atoms with Gasteiger partial charge in [0.2, 0.25) is 5.78 Å². The molecule has 0 heterocycles. The minimum absolute atomic E-state index is 0.0597. The van der Waals surface area contributed by atoms with Crippen molar-refractivity contribution in [3.8, 4) is 17.2 Å². The first kappa shape index (κ1) is 22.8. The third kappa shape index (κ3) is 3.37. The van der Waals surface area contributed by atoms with Gasteiger partial charge < -0.3 is 26.2 Å². The number of hydrogen-bond acceptors (Lipinski definition) is 7. The van der Waals surface area contributed by atoms with E-state index in [1.807, 2.05) is 0 Å². The van der Waals surface area contributed by atoms with Gasteiger partial charge in [0, 0.05) is 23.5 Å². The second-order valence-electron chi connectivity index (χ2n) is 9.89. The average molecular weight is 468 g/mol. The van der Waals surface area contributed by atoms with E-state index >= 15 is 0 Å². The van der Waals surface area contributed by atoms with E-state index in [1.54, 1.807) is 6.07 Å². The highest BCUT2D eigenvalue weighted by atomic mass is 28.3. The first-order valence-corrected chi connectivity index (χ1v) is 14.1. The zero-order valence-electron chi connectivity index (χ0n) is 18.5. The number of aromatic hydroxyl groups is 1. The van der Waals surface area contributed by atoms with Crippen LogP contribution in [-0.2, 0) is 20.8 Å². The number of amides is 1. The monoisotopic (exact) mass is 467 g/mol. The zero-order chi connectivity index (χ0) is 24.5. The number of phenolic OH excluding ortho intramolecular Hbond substituents is 1. The number of benzene rings is 1. The van der Waals surface area contributed by atoms with Gasteiger partial charge in [0.15, 0.2) is 11.4 Å². The van der Waals surface area contributed by atoms with Gasteiger partial charge in [-0.05, 0) is 36.5 Å². The van der Waals surface area contributed by atoms with Gasteiger partial charge in [0.1, 0.15) is 30.9 Å². The van der Waals surface area contributed by atoms with Crippen molar-refractivity contribution in [2.75, 3.05) is 0 Å². The number of ketones is 2. The van der Waals surface area contributed by atoms with Gasteiger partial charge in [-0.2, -0.15) is 0 Å². The second-order valence-corrected chi connectivity index (χ2v) is 14.6. The molecule has 3 unspecified atom stereocenters. The molecule has 0 radical (unpaired) electrons. The minimum Gasteiger partial charge on any atom is -0.508 e. The average Bonchev–Trinajstić information content (AvgIpc) is 2.69. The fraction of sp³-hybridized carbons (Fsp3) is 0.375. The van der Waals surface area contributed by atoms with E-state index in [-0.39, 0.29) is 36.1 Å². The molecular weight excluding hydrogens is 442 g/mol. The van der Waals surface area contributed by atoms with E-state index in [9.17, 15) is 34.8 Å². The van der Waals surface area contributed by atoms with Gasteiger partial charge in [-0.25, -0.2) is 0 Å². The number of Topliss-reactive ketones (excluding diaryl/α,β-unsaturated/α-hetero) is 2. The molecule has 0 spiro atoms. The van der Waals surface area contributed by atoms with Crippen LogP contribution in [0.4, 0.5) is 0 Å². The van der Waals surface area contributed by atoms with Gasteiger partial charge in [-0.3, -0.25) is 14.4 Å². The van der Waals surface area contributed by atoms with Crippen molar-refractivity contribution >= 4 is 31.3 Å². The van der Waals surface area contributed by atoms with E-state index in [0.717, 1.165) is 0 Å². The van der Waals surface area contributed by atoms with Crippen LogP contribution in [0.5, 0.6) is 5.75 Å². The number of fused-ring (bicyclic) bond motifs is 3. The first-order chi connectivity index (χ1) is 15.3. The molecule has 0 bridgehead atoms. The van der Waals surface area contributed by atoms with Crippen LogP contribution in [0.25, 0.3) is 5.76 Å². The van der Waals surface area contributed by atoms with E-state index < -0.39 is 60.1 Å². The molecule has 1 amide bonds. The summed E-state index contributed by atoms with van der Waals surface area (Å²) in [7, 11) is -1.72. The summed E-state index contributed by atoms with van der Waals surface area (Å²) in [6.07, 6.45) is 0.00224. The fourth-order valence-corrected chi connectivity index (χ4v) is 5.50. The van der Waals surface area contributed by atoms with Crippen LogP contribution >= 0.6 is 0 Å².